The zero-order valence-corrected chi connectivity index (χ0v) is 26.8. The molecule has 0 N–H and O–H groups in total. The molecule has 0 amide bonds. The van der Waals surface area contributed by atoms with Gasteiger partial charge in [-0.15, -0.1) is 0 Å². The second-order valence-electron chi connectivity index (χ2n) is 12.6. The molecule has 9 rings (SSSR count). The Morgan fingerprint density at radius 3 is 1.65 bits per heavy atom. The van der Waals surface area contributed by atoms with Gasteiger partial charge in [-0.25, -0.2) is 0 Å². The smallest absolute Gasteiger partial charge is 0.0714 e. The minimum Gasteiger partial charge on any atom is -0.256 e. The highest BCUT2D eigenvalue weighted by Crippen LogP contribution is 2.46. The lowest BCUT2D eigenvalue weighted by Gasteiger charge is -2.20. The monoisotopic (exact) mass is 611 g/mol. The Bertz CT molecular complexity index is 2590. The van der Waals surface area contributed by atoms with Crippen LogP contribution in [-0.2, 0) is 6.42 Å². The first kappa shape index (κ1) is 28.2. The van der Waals surface area contributed by atoms with E-state index in [4.69, 9.17) is 4.98 Å². The Morgan fingerprint density at radius 2 is 0.958 bits per heavy atom. The fourth-order valence-corrected chi connectivity index (χ4v) is 7.53. The molecule has 0 unspecified atom stereocenters. The zero-order chi connectivity index (χ0) is 32.0. The first-order valence-corrected chi connectivity index (χ1v) is 16.8. The van der Waals surface area contributed by atoms with E-state index in [2.05, 4.69) is 171 Å². The fraction of sp³-hybridized carbons (Fsp3) is 0.0426. The summed E-state index contributed by atoms with van der Waals surface area (Å²) in [5, 5.41) is 10.0. The molecule has 1 nitrogen and oxygen atoms in total. The van der Waals surface area contributed by atoms with Crippen molar-refractivity contribution in [1.29, 1.82) is 0 Å². The van der Waals surface area contributed by atoms with Gasteiger partial charge in [-0.1, -0.05) is 153 Å². The summed E-state index contributed by atoms with van der Waals surface area (Å²) >= 11 is 0. The number of pyridine rings is 1. The van der Waals surface area contributed by atoms with E-state index in [-0.39, 0.29) is 0 Å². The van der Waals surface area contributed by atoms with Crippen molar-refractivity contribution in [3.8, 4) is 44.6 Å². The van der Waals surface area contributed by atoms with Crippen LogP contribution in [0, 0.1) is 0 Å². The van der Waals surface area contributed by atoms with Gasteiger partial charge in [0.1, 0.15) is 0 Å². The van der Waals surface area contributed by atoms with Gasteiger partial charge >= 0.3 is 0 Å². The molecular formula is C47H33N. The predicted octanol–water partition coefficient (Wildman–Crippen LogP) is 12.9. The third-order valence-electron chi connectivity index (χ3n) is 9.87. The molecule has 0 spiro atoms. The van der Waals surface area contributed by atoms with Crippen molar-refractivity contribution >= 4 is 43.1 Å². The van der Waals surface area contributed by atoms with Crippen molar-refractivity contribution in [1.82, 2.24) is 4.98 Å². The zero-order valence-electron chi connectivity index (χ0n) is 26.8. The molecule has 1 aromatic heterocycles. The van der Waals surface area contributed by atoms with Gasteiger partial charge in [0.15, 0.2) is 0 Å². The van der Waals surface area contributed by atoms with Gasteiger partial charge in [0.05, 0.1) is 5.69 Å². The average Bonchev–Trinajstić information content (AvgIpc) is 3.16. The summed E-state index contributed by atoms with van der Waals surface area (Å²) in [6, 6.07) is 59.9. The molecule has 9 aromatic rings. The van der Waals surface area contributed by atoms with E-state index in [1.165, 1.54) is 82.0 Å². The Kier molecular flexibility index (Phi) is 6.83. The molecule has 0 aliphatic carbocycles. The lowest BCUT2D eigenvalue weighted by atomic mass is 9.83. The molecule has 0 radical (unpaired) electrons. The predicted molar refractivity (Wildman–Crippen MR) is 205 cm³/mol. The van der Waals surface area contributed by atoms with Gasteiger partial charge in [-0.05, 0) is 107 Å². The molecule has 1 heterocycles. The van der Waals surface area contributed by atoms with Crippen LogP contribution in [0.1, 0.15) is 12.5 Å². The number of aryl methyl sites for hydroxylation is 1. The van der Waals surface area contributed by atoms with Crippen LogP contribution in [0.2, 0.25) is 0 Å². The van der Waals surface area contributed by atoms with E-state index in [1.807, 2.05) is 6.20 Å². The van der Waals surface area contributed by atoms with Crippen molar-refractivity contribution in [3.05, 3.63) is 176 Å². The number of nitrogens with zero attached hydrogens (tertiary/aromatic N) is 1. The van der Waals surface area contributed by atoms with Crippen LogP contribution >= 0.6 is 0 Å². The minimum atomic E-state index is 0.978. The first-order chi connectivity index (χ1) is 23.8. The molecule has 0 fully saturated rings. The maximum atomic E-state index is 4.86. The number of hydrogen-bond acceptors (Lipinski definition) is 1. The summed E-state index contributed by atoms with van der Waals surface area (Å²) in [4.78, 5) is 4.86. The molecule has 8 aromatic carbocycles. The normalized spacial score (nSPS) is 11.5. The summed E-state index contributed by atoms with van der Waals surface area (Å²) in [6.45, 7) is 2.21. The fourth-order valence-electron chi connectivity index (χ4n) is 7.53. The van der Waals surface area contributed by atoms with Crippen molar-refractivity contribution < 1.29 is 0 Å². The van der Waals surface area contributed by atoms with E-state index in [1.54, 1.807) is 0 Å². The van der Waals surface area contributed by atoms with Gasteiger partial charge in [-0.3, -0.25) is 4.98 Å². The number of rotatable bonds is 5. The number of aromatic nitrogens is 1. The Hall–Kier alpha value is -6.05. The molecule has 0 saturated carbocycles. The van der Waals surface area contributed by atoms with Crippen molar-refractivity contribution in [2.45, 2.75) is 13.3 Å². The minimum absolute atomic E-state index is 0.978. The molecule has 1 heteroatoms. The van der Waals surface area contributed by atoms with E-state index < -0.39 is 0 Å². The SMILES string of the molecule is CCc1ccc2cc(-c3c4ccccc4c(-c4ccc(-c5cc(-c6ccccc6)ccn5)c5ccccc45)c4ccccc34)ccc2c1. The van der Waals surface area contributed by atoms with Gasteiger partial charge in [0, 0.05) is 11.8 Å². The van der Waals surface area contributed by atoms with Crippen LogP contribution in [0.5, 0.6) is 0 Å². The van der Waals surface area contributed by atoms with Crippen molar-refractivity contribution in [2.24, 2.45) is 0 Å². The third-order valence-corrected chi connectivity index (χ3v) is 9.87. The summed E-state index contributed by atoms with van der Waals surface area (Å²) in [5.74, 6) is 0. The summed E-state index contributed by atoms with van der Waals surface area (Å²) < 4.78 is 0. The van der Waals surface area contributed by atoms with E-state index in [9.17, 15) is 0 Å². The largest absolute Gasteiger partial charge is 0.256 e. The molecule has 0 atom stereocenters. The van der Waals surface area contributed by atoms with Crippen molar-refractivity contribution in [2.75, 3.05) is 0 Å². The molecule has 0 saturated heterocycles. The topological polar surface area (TPSA) is 12.9 Å². The third kappa shape index (κ3) is 4.67. The standard InChI is InChI=1S/C47H33N/c1-2-31-20-21-34-29-36(23-22-33(34)28-31)46-40-16-8-10-18-42(40)47(43-19-11-9-17-41(43)46)44-25-24-39(37-14-6-7-15-38(37)44)45-30-35(26-27-48-45)32-12-4-3-5-13-32/h3-30H,2H2,1H3. The first-order valence-electron chi connectivity index (χ1n) is 16.8. The molecule has 0 bridgehead atoms. The second kappa shape index (κ2) is 11.6. The van der Waals surface area contributed by atoms with Crippen LogP contribution in [-0.4, -0.2) is 4.98 Å². The summed E-state index contributed by atoms with van der Waals surface area (Å²) in [7, 11) is 0. The molecule has 0 aliphatic rings. The summed E-state index contributed by atoms with van der Waals surface area (Å²) in [5.41, 5.74) is 10.9. The Labute approximate surface area is 280 Å². The maximum absolute atomic E-state index is 4.86. The maximum Gasteiger partial charge on any atom is 0.0714 e. The van der Waals surface area contributed by atoms with Crippen LogP contribution in [0.4, 0.5) is 0 Å². The average molecular weight is 612 g/mol. The van der Waals surface area contributed by atoms with Gasteiger partial charge < -0.3 is 0 Å². The highest BCUT2D eigenvalue weighted by Gasteiger charge is 2.19. The van der Waals surface area contributed by atoms with Gasteiger partial charge in [-0.2, -0.15) is 0 Å². The number of hydrogen-bond donors (Lipinski definition) is 0. The highest BCUT2D eigenvalue weighted by molar-refractivity contribution is 6.24. The van der Waals surface area contributed by atoms with E-state index in [0.29, 0.717) is 0 Å². The lowest BCUT2D eigenvalue weighted by molar-refractivity contribution is 1.15. The quantitative estimate of drug-likeness (QED) is 0.176. The van der Waals surface area contributed by atoms with Crippen LogP contribution in [0.25, 0.3) is 87.7 Å². The van der Waals surface area contributed by atoms with Gasteiger partial charge in [0.25, 0.3) is 0 Å². The van der Waals surface area contributed by atoms with E-state index >= 15 is 0 Å². The Morgan fingerprint density at radius 1 is 0.396 bits per heavy atom. The molecule has 48 heavy (non-hydrogen) atoms. The van der Waals surface area contributed by atoms with Crippen LogP contribution in [0.15, 0.2) is 170 Å². The Balaban J connectivity index is 1.29. The molecule has 226 valence electrons. The molecule has 0 aliphatic heterocycles. The number of benzene rings is 8. The van der Waals surface area contributed by atoms with Crippen LogP contribution in [0.3, 0.4) is 0 Å². The highest BCUT2D eigenvalue weighted by atomic mass is 14.7. The summed E-state index contributed by atoms with van der Waals surface area (Å²) in [6.07, 6.45) is 2.97. The number of fused-ring (bicyclic) bond motifs is 4. The van der Waals surface area contributed by atoms with E-state index in [0.717, 1.165) is 17.7 Å². The van der Waals surface area contributed by atoms with Gasteiger partial charge in [0.2, 0.25) is 0 Å². The lowest BCUT2D eigenvalue weighted by Crippen LogP contribution is -1.93. The molecular weight excluding hydrogens is 579 g/mol. The van der Waals surface area contributed by atoms with Crippen molar-refractivity contribution in [3.63, 3.8) is 0 Å². The van der Waals surface area contributed by atoms with Crippen LogP contribution < -0.4 is 0 Å². The second-order valence-corrected chi connectivity index (χ2v) is 12.6.